The van der Waals surface area contributed by atoms with Crippen molar-refractivity contribution in [3.63, 3.8) is 0 Å². The van der Waals surface area contributed by atoms with Gasteiger partial charge in [0.2, 0.25) is 0 Å². The molecule has 0 unspecified atom stereocenters. The van der Waals surface area contributed by atoms with Crippen molar-refractivity contribution in [3.8, 4) is 0 Å². The van der Waals surface area contributed by atoms with Crippen molar-refractivity contribution in [1.82, 2.24) is 0 Å². The smallest absolute Gasteiger partial charge is 0.0428 e. The normalized spacial score (nSPS) is 6.00. The molecule has 2 N–H and O–H groups in total. The van der Waals surface area contributed by atoms with Crippen LogP contribution >= 0.6 is 0 Å². The Labute approximate surface area is 84.3 Å². The fourth-order valence-corrected chi connectivity index (χ4v) is 0. The summed E-state index contributed by atoms with van der Waals surface area (Å²) in [7, 11) is 0. The van der Waals surface area contributed by atoms with Crippen molar-refractivity contribution >= 4 is 0 Å². The summed E-state index contributed by atoms with van der Waals surface area (Å²) in [6, 6.07) is 0. The Morgan fingerprint density at radius 3 is 1.00 bits per heavy atom. The first-order valence-electron chi connectivity index (χ1n) is 3.05. The summed E-state index contributed by atoms with van der Waals surface area (Å²) in [6.45, 7) is 4.50. The molecule has 0 aromatic heterocycles. The van der Waals surface area contributed by atoms with Gasteiger partial charge in [-0.15, -0.1) is 0 Å². The van der Waals surface area contributed by atoms with Crippen LogP contribution in [0, 0.1) is 0 Å². The second kappa shape index (κ2) is 32.6. The predicted molar refractivity (Wildman–Crippen MR) is 34.8 cm³/mol. The van der Waals surface area contributed by atoms with Gasteiger partial charge in [0.15, 0.2) is 0 Å². The maximum absolute atomic E-state index is 7.88. The van der Waals surface area contributed by atoms with E-state index in [2.05, 4.69) is 0 Å². The van der Waals surface area contributed by atoms with Gasteiger partial charge in [0.1, 0.15) is 0 Å². The van der Waals surface area contributed by atoms with Crippen molar-refractivity contribution in [1.29, 1.82) is 0 Å². The van der Waals surface area contributed by atoms with Crippen molar-refractivity contribution in [3.05, 3.63) is 0 Å². The summed E-state index contributed by atoms with van der Waals surface area (Å²) in [6.07, 6.45) is 1.75. The summed E-state index contributed by atoms with van der Waals surface area (Å²) in [5.41, 5.74) is 0. The number of hydrogen-bond donors (Lipinski definition) is 2. The fraction of sp³-hybridized carbons (Fsp3) is 1.00. The Bertz CT molecular complexity index is 23.7. The Morgan fingerprint density at radius 1 is 0.900 bits per heavy atom. The van der Waals surface area contributed by atoms with E-state index in [0.29, 0.717) is 13.2 Å². The third-order valence-electron chi connectivity index (χ3n) is 0.447. The van der Waals surface area contributed by atoms with Crippen LogP contribution in [-0.4, -0.2) is 23.4 Å². The van der Waals surface area contributed by atoms with Crippen LogP contribution in [0.4, 0.5) is 0 Å². The minimum atomic E-state index is 0. The van der Waals surface area contributed by atoms with Gasteiger partial charge >= 0.3 is 0 Å². The first kappa shape index (κ1) is 22.4. The van der Waals surface area contributed by atoms with E-state index in [-0.39, 0.29) is 34.1 Å². The standard InChI is InChI=1S/2C3H8O.ClH.Ti/c2*1-2-3-4;;/h2*4H,2-3H2,1H3;1H;/p-1. The average Bonchev–Trinajstić information content (AvgIpc) is 1.88. The monoisotopic (exact) mass is 203 g/mol. The van der Waals surface area contributed by atoms with Gasteiger partial charge in [-0.05, 0) is 12.8 Å². The number of aliphatic hydroxyl groups is 2. The molecule has 0 radical (unpaired) electrons. The molecular weight excluding hydrogens is 187 g/mol. The Hall–Kier alpha value is 0.924. The van der Waals surface area contributed by atoms with Crippen LogP contribution in [0.1, 0.15) is 26.7 Å². The number of aliphatic hydroxyl groups excluding tert-OH is 2. The van der Waals surface area contributed by atoms with Gasteiger partial charge in [-0.25, -0.2) is 0 Å². The number of rotatable bonds is 2. The van der Waals surface area contributed by atoms with Crippen LogP contribution < -0.4 is 12.4 Å². The van der Waals surface area contributed by atoms with E-state index in [0.717, 1.165) is 12.8 Å². The predicted octanol–water partition coefficient (Wildman–Crippen LogP) is -2.22. The molecule has 0 aliphatic heterocycles. The average molecular weight is 204 g/mol. The van der Waals surface area contributed by atoms with E-state index in [4.69, 9.17) is 10.2 Å². The van der Waals surface area contributed by atoms with Gasteiger partial charge in [-0.2, -0.15) is 0 Å². The molecule has 0 atom stereocenters. The van der Waals surface area contributed by atoms with Gasteiger partial charge in [-0.1, -0.05) is 13.8 Å². The summed E-state index contributed by atoms with van der Waals surface area (Å²) < 4.78 is 0. The van der Waals surface area contributed by atoms with Crippen LogP contribution in [0.15, 0.2) is 0 Å². The van der Waals surface area contributed by atoms with E-state index < -0.39 is 0 Å². The molecule has 0 aliphatic rings. The van der Waals surface area contributed by atoms with Crippen LogP contribution in [0.5, 0.6) is 0 Å². The summed E-state index contributed by atoms with van der Waals surface area (Å²) in [5.74, 6) is 0. The summed E-state index contributed by atoms with van der Waals surface area (Å²) in [4.78, 5) is 0. The molecule has 64 valence electrons. The molecular formula is C6H16ClO2Ti-. The van der Waals surface area contributed by atoms with Gasteiger partial charge < -0.3 is 22.6 Å². The molecule has 0 saturated heterocycles. The largest absolute Gasteiger partial charge is 1.00 e. The van der Waals surface area contributed by atoms with Crippen molar-refractivity contribution in [2.75, 3.05) is 13.2 Å². The second-order valence-electron chi connectivity index (χ2n) is 1.45. The zero-order chi connectivity index (χ0) is 6.83. The van der Waals surface area contributed by atoms with E-state index in [9.17, 15) is 0 Å². The minimum absolute atomic E-state index is 0. The molecule has 0 aromatic carbocycles. The van der Waals surface area contributed by atoms with Gasteiger partial charge in [-0.3, -0.25) is 0 Å². The maximum Gasteiger partial charge on any atom is 0.0428 e. The summed E-state index contributed by atoms with van der Waals surface area (Å²) >= 11 is 0. The molecule has 0 heterocycles. The molecule has 0 spiro atoms. The summed E-state index contributed by atoms with van der Waals surface area (Å²) in [5, 5.41) is 15.8. The van der Waals surface area contributed by atoms with Gasteiger partial charge in [0.25, 0.3) is 0 Å². The zero-order valence-corrected chi connectivity index (χ0v) is 8.92. The SMILES string of the molecule is CCCO.CCCO.[Cl-].[Ti]. The maximum atomic E-state index is 7.88. The molecule has 0 rings (SSSR count). The van der Waals surface area contributed by atoms with Crippen LogP contribution in [-0.2, 0) is 21.7 Å². The van der Waals surface area contributed by atoms with E-state index in [1.54, 1.807) is 0 Å². The van der Waals surface area contributed by atoms with Crippen molar-refractivity contribution in [2.45, 2.75) is 26.7 Å². The van der Waals surface area contributed by atoms with E-state index in [1.165, 1.54) is 0 Å². The van der Waals surface area contributed by atoms with E-state index >= 15 is 0 Å². The minimum Gasteiger partial charge on any atom is -1.00 e. The van der Waals surface area contributed by atoms with E-state index in [1.807, 2.05) is 13.8 Å². The number of hydrogen-bond acceptors (Lipinski definition) is 2. The molecule has 0 aromatic rings. The third-order valence-corrected chi connectivity index (χ3v) is 0.447. The molecule has 0 aliphatic carbocycles. The molecule has 10 heavy (non-hydrogen) atoms. The molecule has 2 nitrogen and oxygen atoms in total. The second-order valence-corrected chi connectivity index (χ2v) is 1.45. The van der Waals surface area contributed by atoms with Gasteiger partial charge in [0.05, 0.1) is 0 Å². The third kappa shape index (κ3) is 65.5. The Balaban J connectivity index is -0.0000000300. The van der Waals surface area contributed by atoms with Crippen molar-refractivity contribution in [2.24, 2.45) is 0 Å². The Morgan fingerprint density at radius 2 is 1.00 bits per heavy atom. The molecule has 0 fully saturated rings. The van der Waals surface area contributed by atoms with Gasteiger partial charge in [0, 0.05) is 34.9 Å². The Kier molecular flexibility index (Phi) is 73.1. The molecule has 0 bridgehead atoms. The first-order valence-corrected chi connectivity index (χ1v) is 3.05. The molecule has 4 heteroatoms. The first-order chi connectivity index (χ1) is 3.83. The van der Waals surface area contributed by atoms with Crippen LogP contribution in [0.3, 0.4) is 0 Å². The molecule has 0 saturated carbocycles. The molecule has 0 amide bonds. The van der Waals surface area contributed by atoms with Crippen molar-refractivity contribution < 1.29 is 44.3 Å². The topological polar surface area (TPSA) is 40.5 Å². The fourth-order valence-electron chi connectivity index (χ4n) is 0. The van der Waals surface area contributed by atoms with Crippen LogP contribution in [0.25, 0.3) is 0 Å². The van der Waals surface area contributed by atoms with Crippen LogP contribution in [0.2, 0.25) is 0 Å². The number of halogens is 1. The zero-order valence-electron chi connectivity index (χ0n) is 6.60. The quantitative estimate of drug-likeness (QED) is 0.499.